The van der Waals surface area contributed by atoms with Gasteiger partial charge >= 0.3 is 0 Å². The first-order chi connectivity index (χ1) is 8.65. The standard InChI is InChI=1S/C13H12FN3O.ClH/c14-10-3-1-9(2-4-10)13(18)17-16-12-7-5-11(15)6-8-12;/h1-8,16H,15H2,(H,17,18);1H. The van der Waals surface area contributed by atoms with Gasteiger partial charge in [0.25, 0.3) is 5.91 Å². The molecule has 4 nitrogen and oxygen atoms in total. The van der Waals surface area contributed by atoms with Gasteiger partial charge < -0.3 is 5.73 Å². The molecule has 1 amide bonds. The van der Waals surface area contributed by atoms with Gasteiger partial charge in [-0.15, -0.1) is 12.4 Å². The fraction of sp³-hybridized carbons (Fsp3) is 0. The largest absolute Gasteiger partial charge is 0.399 e. The number of halogens is 2. The Labute approximate surface area is 116 Å². The van der Waals surface area contributed by atoms with Crippen molar-refractivity contribution < 1.29 is 9.18 Å². The van der Waals surface area contributed by atoms with Crippen LogP contribution in [-0.4, -0.2) is 5.91 Å². The first-order valence-electron chi connectivity index (χ1n) is 5.32. The van der Waals surface area contributed by atoms with E-state index in [1.54, 1.807) is 24.3 Å². The third-order valence-electron chi connectivity index (χ3n) is 2.34. The molecule has 0 aliphatic rings. The molecule has 0 aliphatic carbocycles. The van der Waals surface area contributed by atoms with Gasteiger partial charge in [-0.2, -0.15) is 0 Å². The van der Waals surface area contributed by atoms with Crippen LogP contribution in [0.4, 0.5) is 15.8 Å². The van der Waals surface area contributed by atoms with Gasteiger partial charge in [-0.1, -0.05) is 0 Å². The number of hydrogen-bond donors (Lipinski definition) is 3. The number of carbonyl (C=O) groups is 1. The predicted octanol–water partition coefficient (Wildman–Crippen LogP) is 2.59. The van der Waals surface area contributed by atoms with Gasteiger partial charge in [-0.25, -0.2) is 4.39 Å². The van der Waals surface area contributed by atoms with Crippen LogP contribution < -0.4 is 16.6 Å². The van der Waals surface area contributed by atoms with Crippen molar-refractivity contribution in [2.75, 3.05) is 11.2 Å². The lowest BCUT2D eigenvalue weighted by molar-refractivity contribution is 0.0962. The molecule has 2 aromatic carbocycles. The number of nitrogens with two attached hydrogens (primary N) is 1. The molecule has 0 bridgehead atoms. The van der Waals surface area contributed by atoms with E-state index in [0.29, 0.717) is 16.9 Å². The molecule has 0 saturated heterocycles. The Morgan fingerprint density at radius 2 is 1.58 bits per heavy atom. The Balaban J connectivity index is 0.00000180. The average Bonchev–Trinajstić information content (AvgIpc) is 2.38. The highest BCUT2D eigenvalue weighted by atomic mass is 35.5. The zero-order valence-electron chi connectivity index (χ0n) is 9.89. The summed E-state index contributed by atoms with van der Waals surface area (Å²) in [7, 11) is 0. The first kappa shape index (κ1) is 14.8. The van der Waals surface area contributed by atoms with Crippen molar-refractivity contribution >= 4 is 29.7 Å². The zero-order valence-corrected chi connectivity index (χ0v) is 10.7. The summed E-state index contributed by atoms with van der Waals surface area (Å²) in [6.45, 7) is 0. The molecule has 0 aromatic heterocycles. The van der Waals surface area contributed by atoms with Crippen molar-refractivity contribution in [1.82, 2.24) is 5.43 Å². The fourth-order valence-electron chi connectivity index (χ4n) is 1.37. The molecule has 100 valence electrons. The maximum atomic E-state index is 12.7. The molecule has 0 aliphatic heterocycles. The van der Waals surface area contributed by atoms with E-state index in [1.807, 2.05) is 0 Å². The summed E-state index contributed by atoms with van der Waals surface area (Å²) in [5, 5.41) is 0. The third kappa shape index (κ3) is 4.15. The maximum absolute atomic E-state index is 12.7. The normalized spacial score (nSPS) is 9.32. The predicted molar refractivity (Wildman–Crippen MR) is 75.6 cm³/mol. The van der Waals surface area contributed by atoms with Crippen LogP contribution >= 0.6 is 12.4 Å². The van der Waals surface area contributed by atoms with Crippen LogP contribution in [0.2, 0.25) is 0 Å². The highest BCUT2D eigenvalue weighted by molar-refractivity contribution is 5.94. The second-order valence-electron chi connectivity index (χ2n) is 3.71. The summed E-state index contributed by atoms with van der Waals surface area (Å²) in [5.74, 6) is -0.718. The molecule has 0 heterocycles. The maximum Gasteiger partial charge on any atom is 0.269 e. The Bertz CT molecular complexity index is 543. The van der Waals surface area contributed by atoms with Crippen LogP contribution in [0.5, 0.6) is 0 Å². The molecule has 6 heteroatoms. The quantitative estimate of drug-likeness (QED) is 0.598. The smallest absolute Gasteiger partial charge is 0.269 e. The molecule has 0 saturated carbocycles. The lowest BCUT2D eigenvalue weighted by Gasteiger charge is -2.08. The van der Waals surface area contributed by atoms with E-state index in [9.17, 15) is 9.18 Å². The van der Waals surface area contributed by atoms with Gasteiger partial charge in [0.15, 0.2) is 0 Å². The highest BCUT2D eigenvalue weighted by Crippen LogP contribution is 2.09. The Kier molecular flexibility index (Phi) is 5.14. The van der Waals surface area contributed by atoms with E-state index in [4.69, 9.17) is 5.73 Å². The van der Waals surface area contributed by atoms with E-state index in [1.165, 1.54) is 24.3 Å². The van der Waals surface area contributed by atoms with Crippen LogP contribution in [0.25, 0.3) is 0 Å². The Morgan fingerprint density at radius 3 is 2.16 bits per heavy atom. The van der Waals surface area contributed by atoms with Crippen molar-refractivity contribution in [1.29, 1.82) is 0 Å². The van der Waals surface area contributed by atoms with Crippen molar-refractivity contribution in [2.24, 2.45) is 0 Å². The van der Waals surface area contributed by atoms with Crippen LogP contribution in [0.1, 0.15) is 10.4 Å². The number of anilines is 2. The van der Waals surface area contributed by atoms with Gasteiger partial charge in [-0.05, 0) is 48.5 Å². The number of benzene rings is 2. The summed E-state index contributed by atoms with van der Waals surface area (Å²) in [5.41, 5.74) is 12.5. The number of hydrazine groups is 1. The van der Waals surface area contributed by atoms with E-state index in [2.05, 4.69) is 10.9 Å². The Hall–Kier alpha value is -2.27. The molecule has 2 rings (SSSR count). The number of carbonyl (C=O) groups excluding carboxylic acids is 1. The number of rotatable bonds is 3. The van der Waals surface area contributed by atoms with Crippen molar-refractivity contribution in [3.8, 4) is 0 Å². The summed E-state index contributed by atoms with van der Waals surface area (Å²) < 4.78 is 12.7. The van der Waals surface area contributed by atoms with Crippen molar-refractivity contribution in [2.45, 2.75) is 0 Å². The minimum Gasteiger partial charge on any atom is -0.399 e. The monoisotopic (exact) mass is 281 g/mol. The molecule has 0 spiro atoms. The molecule has 0 atom stereocenters. The summed E-state index contributed by atoms with van der Waals surface area (Å²) in [6, 6.07) is 12.2. The molecule has 0 fully saturated rings. The lowest BCUT2D eigenvalue weighted by Crippen LogP contribution is -2.29. The average molecular weight is 282 g/mol. The summed E-state index contributed by atoms with van der Waals surface area (Å²) in [6.07, 6.45) is 0. The number of nitrogen functional groups attached to an aromatic ring is 1. The second-order valence-corrected chi connectivity index (χ2v) is 3.71. The lowest BCUT2D eigenvalue weighted by atomic mass is 10.2. The number of nitrogens with one attached hydrogen (secondary N) is 2. The van der Waals surface area contributed by atoms with Gasteiger partial charge in [0.05, 0.1) is 5.69 Å². The minimum absolute atomic E-state index is 0. The van der Waals surface area contributed by atoms with Crippen LogP contribution in [-0.2, 0) is 0 Å². The SMILES string of the molecule is Cl.Nc1ccc(NNC(=O)c2ccc(F)cc2)cc1. The summed E-state index contributed by atoms with van der Waals surface area (Å²) >= 11 is 0. The fourth-order valence-corrected chi connectivity index (χ4v) is 1.37. The van der Waals surface area contributed by atoms with E-state index >= 15 is 0 Å². The van der Waals surface area contributed by atoms with Gasteiger partial charge in [0.2, 0.25) is 0 Å². The van der Waals surface area contributed by atoms with E-state index < -0.39 is 0 Å². The topological polar surface area (TPSA) is 67.2 Å². The van der Waals surface area contributed by atoms with Gasteiger partial charge in [-0.3, -0.25) is 15.6 Å². The van der Waals surface area contributed by atoms with Crippen LogP contribution in [0.15, 0.2) is 48.5 Å². The zero-order chi connectivity index (χ0) is 13.0. The molecule has 2 aromatic rings. The van der Waals surface area contributed by atoms with Gasteiger partial charge in [0, 0.05) is 11.3 Å². The Morgan fingerprint density at radius 1 is 1.00 bits per heavy atom. The van der Waals surface area contributed by atoms with E-state index in [-0.39, 0.29) is 24.1 Å². The molecule has 0 radical (unpaired) electrons. The van der Waals surface area contributed by atoms with Gasteiger partial charge in [0.1, 0.15) is 5.82 Å². The van der Waals surface area contributed by atoms with E-state index in [0.717, 1.165) is 0 Å². The molecular weight excluding hydrogens is 269 g/mol. The second kappa shape index (κ2) is 6.61. The molecule has 0 unspecified atom stereocenters. The summed E-state index contributed by atoms with van der Waals surface area (Å²) in [4.78, 5) is 11.7. The van der Waals surface area contributed by atoms with Crippen molar-refractivity contribution in [3.05, 3.63) is 59.9 Å². The van der Waals surface area contributed by atoms with Crippen LogP contribution in [0, 0.1) is 5.82 Å². The van der Waals surface area contributed by atoms with Crippen molar-refractivity contribution in [3.63, 3.8) is 0 Å². The molecule has 4 N–H and O–H groups in total. The highest BCUT2D eigenvalue weighted by Gasteiger charge is 2.04. The number of amides is 1. The first-order valence-corrected chi connectivity index (χ1v) is 5.32. The number of hydrogen-bond acceptors (Lipinski definition) is 3. The molecule has 19 heavy (non-hydrogen) atoms. The molecular formula is C13H13ClFN3O. The minimum atomic E-state index is -0.377. The third-order valence-corrected chi connectivity index (χ3v) is 2.34. The van der Waals surface area contributed by atoms with Crippen LogP contribution in [0.3, 0.4) is 0 Å².